The van der Waals surface area contributed by atoms with Crippen LogP contribution in [0.25, 0.3) is 0 Å². The maximum Gasteiger partial charge on any atom is 0.339 e. The highest BCUT2D eigenvalue weighted by molar-refractivity contribution is 7.92. The molecule has 0 spiro atoms. The lowest BCUT2D eigenvalue weighted by atomic mass is 10.2. The lowest BCUT2D eigenvalue weighted by Gasteiger charge is -2.14. The summed E-state index contributed by atoms with van der Waals surface area (Å²) < 4.78 is 32.7. The summed E-state index contributed by atoms with van der Waals surface area (Å²) in [6, 6.07) is 9.91. The van der Waals surface area contributed by atoms with Crippen LogP contribution in [0.5, 0.6) is 0 Å². The van der Waals surface area contributed by atoms with Gasteiger partial charge in [-0.25, -0.2) is 32.9 Å². The van der Waals surface area contributed by atoms with E-state index in [0.717, 1.165) is 0 Å². The van der Waals surface area contributed by atoms with Gasteiger partial charge in [0.2, 0.25) is 5.95 Å². The Kier molecular flexibility index (Phi) is 7.24. The number of pyridine rings is 1. The predicted molar refractivity (Wildman–Crippen MR) is 122 cm³/mol. The molecule has 0 radical (unpaired) electrons. The number of esters is 1. The van der Waals surface area contributed by atoms with E-state index in [1.807, 2.05) is 0 Å². The van der Waals surface area contributed by atoms with Crippen LogP contribution in [-0.2, 0) is 19.6 Å². The lowest BCUT2D eigenvalue weighted by molar-refractivity contribution is -0.123. The highest BCUT2D eigenvalue weighted by atomic mass is 35.5. The van der Waals surface area contributed by atoms with Crippen molar-refractivity contribution in [1.29, 1.82) is 0 Å². The summed E-state index contributed by atoms with van der Waals surface area (Å²) in [4.78, 5) is 36.3. The van der Waals surface area contributed by atoms with Gasteiger partial charge in [-0.1, -0.05) is 11.6 Å². The number of rotatable bonds is 7. The summed E-state index contributed by atoms with van der Waals surface area (Å²) in [7, 11) is -3.93. The van der Waals surface area contributed by atoms with Gasteiger partial charge in [0.25, 0.3) is 15.9 Å². The molecule has 2 aromatic heterocycles. The molecule has 12 heteroatoms. The van der Waals surface area contributed by atoms with Crippen LogP contribution in [0.2, 0.25) is 5.15 Å². The molecule has 0 fully saturated rings. The molecule has 2 heterocycles. The van der Waals surface area contributed by atoms with Gasteiger partial charge in [0.1, 0.15) is 5.15 Å². The molecule has 0 aliphatic rings. The normalized spacial score (nSPS) is 12.0. The fourth-order valence-electron chi connectivity index (χ4n) is 2.72. The number of anilines is 2. The van der Waals surface area contributed by atoms with Crippen molar-refractivity contribution < 1.29 is 22.7 Å². The molecule has 2 N–H and O–H groups in total. The van der Waals surface area contributed by atoms with Crippen molar-refractivity contribution in [3.8, 4) is 0 Å². The third kappa shape index (κ3) is 6.46. The van der Waals surface area contributed by atoms with Gasteiger partial charge in [-0.05, 0) is 63.2 Å². The van der Waals surface area contributed by atoms with Crippen molar-refractivity contribution >= 4 is 45.1 Å². The number of carbonyl (C=O) groups is 2. The molecule has 3 aromatic rings. The fraction of sp³-hybridized carbons (Fsp3) is 0.190. The van der Waals surface area contributed by atoms with E-state index in [9.17, 15) is 18.0 Å². The zero-order chi connectivity index (χ0) is 24.2. The molecule has 1 atom stereocenters. The van der Waals surface area contributed by atoms with Crippen molar-refractivity contribution in [2.45, 2.75) is 31.8 Å². The Labute approximate surface area is 195 Å². The standard InChI is InChI=1S/C21H20ClN5O5S/c1-12-10-13(2)25-21(24-12)27-33(30,31)17-6-4-16(5-7-17)26-19(28)14(3)32-20(29)15-8-9-23-18(22)11-15/h4-11,14H,1-3H3,(H,26,28)(H,24,25,27). The number of aromatic nitrogens is 3. The third-order valence-corrected chi connectivity index (χ3v) is 5.81. The van der Waals surface area contributed by atoms with E-state index >= 15 is 0 Å². The van der Waals surface area contributed by atoms with Crippen molar-refractivity contribution in [1.82, 2.24) is 15.0 Å². The largest absolute Gasteiger partial charge is 0.449 e. The zero-order valence-corrected chi connectivity index (χ0v) is 19.4. The van der Waals surface area contributed by atoms with Crippen molar-refractivity contribution in [2.75, 3.05) is 10.0 Å². The number of nitrogens with zero attached hydrogens (tertiary/aromatic N) is 3. The van der Waals surface area contributed by atoms with Gasteiger partial charge in [0.05, 0.1) is 10.5 Å². The van der Waals surface area contributed by atoms with Crippen LogP contribution in [0, 0.1) is 13.8 Å². The van der Waals surface area contributed by atoms with Crippen LogP contribution in [0.1, 0.15) is 28.7 Å². The number of nitrogens with one attached hydrogen (secondary N) is 2. The number of amides is 1. The summed E-state index contributed by atoms with van der Waals surface area (Å²) in [5.41, 5.74) is 1.72. The first-order valence-corrected chi connectivity index (χ1v) is 11.5. The first-order valence-electron chi connectivity index (χ1n) is 9.62. The second-order valence-corrected chi connectivity index (χ2v) is 9.08. The van der Waals surface area contributed by atoms with Crippen LogP contribution >= 0.6 is 11.6 Å². The average molecular weight is 490 g/mol. The molecule has 0 saturated heterocycles. The summed E-state index contributed by atoms with van der Waals surface area (Å²) in [6.45, 7) is 4.87. The minimum Gasteiger partial charge on any atom is -0.449 e. The second-order valence-electron chi connectivity index (χ2n) is 7.01. The number of sulfonamides is 1. The molecule has 33 heavy (non-hydrogen) atoms. The Morgan fingerprint density at radius 2 is 1.67 bits per heavy atom. The van der Waals surface area contributed by atoms with Crippen molar-refractivity contribution in [3.05, 3.63) is 70.8 Å². The molecule has 1 unspecified atom stereocenters. The Balaban J connectivity index is 1.63. The van der Waals surface area contributed by atoms with Gasteiger partial charge in [0, 0.05) is 23.3 Å². The van der Waals surface area contributed by atoms with E-state index in [4.69, 9.17) is 16.3 Å². The minimum absolute atomic E-state index is 0.0315. The Bertz CT molecular complexity index is 1280. The van der Waals surface area contributed by atoms with Crippen LogP contribution in [0.15, 0.2) is 53.6 Å². The van der Waals surface area contributed by atoms with E-state index < -0.39 is 28.0 Å². The van der Waals surface area contributed by atoms with Gasteiger partial charge in [-0.15, -0.1) is 0 Å². The number of halogens is 1. The van der Waals surface area contributed by atoms with Crippen molar-refractivity contribution in [2.24, 2.45) is 0 Å². The summed E-state index contributed by atoms with van der Waals surface area (Å²) in [6.07, 6.45) is 0.233. The van der Waals surface area contributed by atoms with Gasteiger partial charge >= 0.3 is 5.97 Å². The number of hydrogen-bond acceptors (Lipinski definition) is 8. The Hall–Kier alpha value is -3.57. The molecular weight excluding hydrogens is 470 g/mol. The first-order chi connectivity index (χ1) is 15.5. The maximum atomic E-state index is 12.6. The van der Waals surface area contributed by atoms with Crippen LogP contribution < -0.4 is 10.0 Å². The molecule has 0 aliphatic heterocycles. The summed E-state index contributed by atoms with van der Waals surface area (Å²) >= 11 is 5.75. The highest BCUT2D eigenvalue weighted by Crippen LogP contribution is 2.18. The smallest absolute Gasteiger partial charge is 0.339 e. The zero-order valence-electron chi connectivity index (χ0n) is 17.9. The molecule has 1 aromatic carbocycles. The maximum absolute atomic E-state index is 12.6. The Morgan fingerprint density at radius 3 is 2.27 bits per heavy atom. The van der Waals surface area contributed by atoms with Gasteiger partial charge < -0.3 is 10.1 Å². The minimum atomic E-state index is -3.93. The molecule has 0 bridgehead atoms. The molecule has 0 saturated carbocycles. The average Bonchev–Trinajstić information content (AvgIpc) is 2.73. The van der Waals surface area contributed by atoms with E-state index in [-0.39, 0.29) is 21.6 Å². The number of benzene rings is 1. The van der Waals surface area contributed by atoms with Gasteiger partial charge in [0.15, 0.2) is 6.10 Å². The quantitative estimate of drug-likeness (QED) is 0.381. The predicted octanol–water partition coefficient (Wildman–Crippen LogP) is 3.13. The molecule has 10 nitrogen and oxygen atoms in total. The van der Waals surface area contributed by atoms with Crippen LogP contribution in [0.3, 0.4) is 0 Å². The third-order valence-electron chi connectivity index (χ3n) is 4.26. The van der Waals surface area contributed by atoms with Crippen LogP contribution in [0.4, 0.5) is 11.6 Å². The topological polar surface area (TPSA) is 140 Å². The summed E-state index contributed by atoms with van der Waals surface area (Å²) in [5.74, 6) is -1.36. The van der Waals surface area contributed by atoms with Gasteiger partial charge in [-0.2, -0.15) is 0 Å². The second kappa shape index (κ2) is 9.92. The number of carbonyl (C=O) groups excluding carboxylic acids is 2. The molecule has 172 valence electrons. The van der Waals surface area contributed by atoms with Gasteiger partial charge in [-0.3, -0.25) is 4.79 Å². The fourth-order valence-corrected chi connectivity index (χ4v) is 3.84. The number of hydrogen-bond donors (Lipinski definition) is 2. The Morgan fingerprint density at radius 1 is 1.03 bits per heavy atom. The highest BCUT2D eigenvalue weighted by Gasteiger charge is 2.20. The first kappa shape index (κ1) is 24.1. The molecule has 3 rings (SSSR count). The molecular formula is C21H20ClN5O5S. The van der Waals surface area contributed by atoms with E-state index in [2.05, 4.69) is 25.0 Å². The lowest BCUT2D eigenvalue weighted by Crippen LogP contribution is -2.30. The number of aryl methyl sites for hydroxylation is 2. The SMILES string of the molecule is Cc1cc(C)nc(NS(=O)(=O)c2ccc(NC(=O)C(C)OC(=O)c3ccnc(Cl)c3)cc2)n1. The van der Waals surface area contributed by atoms with Crippen LogP contribution in [-0.4, -0.2) is 41.4 Å². The van der Waals surface area contributed by atoms with E-state index in [1.54, 1.807) is 19.9 Å². The van der Waals surface area contributed by atoms with E-state index in [0.29, 0.717) is 17.1 Å². The molecule has 0 aliphatic carbocycles. The number of ether oxygens (including phenoxy) is 1. The summed E-state index contributed by atoms with van der Waals surface area (Å²) in [5, 5.41) is 2.68. The van der Waals surface area contributed by atoms with E-state index in [1.165, 1.54) is 49.5 Å². The monoisotopic (exact) mass is 489 g/mol. The molecule has 1 amide bonds. The van der Waals surface area contributed by atoms with Crippen molar-refractivity contribution in [3.63, 3.8) is 0 Å².